The molecule has 0 radical (unpaired) electrons. The fourth-order valence-electron chi connectivity index (χ4n) is 2.79. The summed E-state index contributed by atoms with van der Waals surface area (Å²) in [4.78, 5) is 11.7. The van der Waals surface area contributed by atoms with E-state index >= 15 is 0 Å². The van der Waals surface area contributed by atoms with Gasteiger partial charge in [0, 0.05) is 13.0 Å². The largest absolute Gasteiger partial charge is 0.481 e. The van der Waals surface area contributed by atoms with Crippen molar-refractivity contribution < 1.29 is 14.6 Å². The van der Waals surface area contributed by atoms with Crippen molar-refractivity contribution in [1.29, 1.82) is 0 Å². The van der Waals surface area contributed by atoms with Crippen LogP contribution in [0.25, 0.3) is 0 Å². The van der Waals surface area contributed by atoms with Crippen LogP contribution in [0.2, 0.25) is 0 Å². The summed E-state index contributed by atoms with van der Waals surface area (Å²) in [6.45, 7) is 3.50. The molecule has 0 spiro atoms. The second-order valence-electron chi connectivity index (χ2n) is 5.35. The minimum absolute atomic E-state index is 0.358. The van der Waals surface area contributed by atoms with Crippen molar-refractivity contribution in [3.63, 3.8) is 0 Å². The smallest absolute Gasteiger partial charge is 0.311 e. The number of hydrogen-bond donors (Lipinski definition) is 1. The van der Waals surface area contributed by atoms with Crippen LogP contribution in [0.4, 0.5) is 0 Å². The van der Waals surface area contributed by atoms with Crippen LogP contribution in [0, 0.1) is 5.41 Å². The Morgan fingerprint density at radius 1 is 1.40 bits per heavy atom. The number of carboxylic acids is 1. The second kappa shape index (κ2) is 6.78. The quantitative estimate of drug-likeness (QED) is 0.758. The average Bonchev–Trinajstić information content (AvgIpc) is 2.87. The van der Waals surface area contributed by atoms with E-state index in [1.165, 1.54) is 0 Å². The third-order valence-electron chi connectivity index (χ3n) is 4.00. The average molecular weight is 282 g/mol. The normalized spacial score (nSPS) is 18.1. The van der Waals surface area contributed by atoms with E-state index < -0.39 is 11.4 Å². The monoisotopic (exact) mass is 282 g/mol. The predicted octanol–water partition coefficient (Wildman–Crippen LogP) is 1.29. The first kappa shape index (κ1) is 14.9. The van der Waals surface area contributed by atoms with Gasteiger partial charge < -0.3 is 9.84 Å². The van der Waals surface area contributed by atoms with E-state index in [2.05, 4.69) is 15.5 Å². The standard InChI is InChI=1S/C13H22N4O3/c1-2-20-9-6-11-14-15-16-17(11)10-13(12(18)19)7-4-3-5-8-13/h2-10H2,1H3,(H,18,19). The van der Waals surface area contributed by atoms with Gasteiger partial charge in [0.2, 0.25) is 0 Å². The molecule has 1 fully saturated rings. The fourth-order valence-corrected chi connectivity index (χ4v) is 2.79. The Labute approximate surface area is 118 Å². The summed E-state index contributed by atoms with van der Waals surface area (Å²) in [7, 11) is 0. The van der Waals surface area contributed by atoms with E-state index in [9.17, 15) is 9.90 Å². The maximum Gasteiger partial charge on any atom is 0.311 e. The number of aromatic nitrogens is 4. The highest BCUT2D eigenvalue weighted by atomic mass is 16.5. The molecule has 1 aromatic heterocycles. The molecule has 0 unspecified atom stereocenters. The molecule has 1 aliphatic rings. The summed E-state index contributed by atoms with van der Waals surface area (Å²) in [6, 6.07) is 0. The van der Waals surface area contributed by atoms with Crippen LogP contribution >= 0.6 is 0 Å². The number of carboxylic acid groups (broad SMARTS) is 1. The van der Waals surface area contributed by atoms with E-state index in [1.807, 2.05) is 6.92 Å². The highest BCUT2D eigenvalue weighted by molar-refractivity contribution is 5.74. The molecule has 0 amide bonds. The van der Waals surface area contributed by atoms with E-state index in [1.54, 1.807) is 4.68 Å². The van der Waals surface area contributed by atoms with Gasteiger partial charge >= 0.3 is 5.97 Å². The van der Waals surface area contributed by atoms with Crippen LogP contribution < -0.4 is 0 Å². The predicted molar refractivity (Wildman–Crippen MR) is 71.2 cm³/mol. The molecule has 2 rings (SSSR count). The van der Waals surface area contributed by atoms with E-state index in [0.717, 1.165) is 19.3 Å². The van der Waals surface area contributed by atoms with Crippen molar-refractivity contribution in [1.82, 2.24) is 20.2 Å². The minimum Gasteiger partial charge on any atom is -0.481 e. The van der Waals surface area contributed by atoms with Crippen LogP contribution in [0.15, 0.2) is 0 Å². The molecule has 1 saturated carbocycles. The van der Waals surface area contributed by atoms with E-state index in [0.29, 0.717) is 44.8 Å². The Morgan fingerprint density at radius 2 is 2.15 bits per heavy atom. The van der Waals surface area contributed by atoms with Gasteiger partial charge in [0.25, 0.3) is 0 Å². The summed E-state index contributed by atoms with van der Waals surface area (Å²) in [5, 5.41) is 21.2. The first-order valence-electron chi connectivity index (χ1n) is 7.24. The lowest BCUT2D eigenvalue weighted by Gasteiger charge is -2.32. The van der Waals surface area contributed by atoms with Crippen molar-refractivity contribution in [3.05, 3.63) is 5.82 Å². The van der Waals surface area contributed by atoms with Crippen LogP contribution in [-0.4, -0.2) is 44.5 Å². The number of ether oxygens (including phenoxy) is 1. The maximum absolute atomic E-state index is 11.7. The lowest BCUT2D eigenvalue weighted by atomic mass is 9.74. The molecule has 1 aliphatic carbocycles. The van der Waals surface area contributed by atoms with Crippen molar-refractivity contribution in [2.45, 2.75) is 52.0 Å². The number of hydrogen-bond acceptors (Lipinski definition) is 5. The van der Waals surface area contributed by atoms with Gasteiger partial charge in [-0.1, -0.05) is 19.3 Å². The van der Waals surface area contributed by atoms with Crippen molar-refractivity contribution >= 4 is 5.97 Å². The van der Waals surface area contributed by atoms with Crippen LogP contribution in [0.1, 0.15) is 44.9 Å². The molecule has 0 aromatic carbocycles. The highest BCUT2D eigenvalue weighted by Crippen LogP contribution is 2.38. The van der Waals surface area contributed by atoms with Gasteiger partial charge in [-0.25, -0.2) is 4.68 Å². The Kier molecular flexibility index (Phi) is 5.05. The zero-order valence-corrected chi connectivity index (χ0v) is 11.9. The van der Waals surface area contributed by atoms with Crippen molar-refractivity contribution in [2.24, 2.45) is 5.41 Å². The van der Waals surface area contributed by atoms with E-state index in [4.69, 9.17) is 4.74 Å². The molecule has 1 N–H and O–H groups in total. The van der Waals surface area contributed by atoms with Gasteiger partial charge in [-0.05, 0) is 30.2 Å². The minimum atomic E-state index is -0.733. The molecule has 0 aliphatic heterocycles. The Hall–Kier alpha value is -1.50. The third-order valence-corrected chi connectivity index (χ3v) is 4.00. The van der Waals surface area contributed by atoms with Gasteiger partial charge in [-0.3, -0.25) is 4.79 Å². The fraction of sp³-hybridized carbons (Fsp3) is 0.846. The maximum atomic E-state index is 11.7. The lowest BCUT2D eigenvalue weighted by molar-refractivity contribution is -0.152. The van der Waals surface area contributed by atoms with E-state index in [-0.39, 0.29) is 0 Å². The van der Waals surface area contributed by atoms with Crippen molar-refractivity contribution in [2.75, 3.05) is 13.2 Å². The molecule has 112 valence electrons. The summed E-state index contributed by atoms with van der Waals surface area (Å²) in [5.41, 5.74) is -0.714. The van der Waals surface area contributed by atoms with Crippen LogP contribution in [0.5, 0.6) is 0 Å². The molecular formula is C13H22N4O3. The molecule has 0 saturated heterocycles. The molecule has 1 aromatic rings. The van der Waals surface area contributed by atoms with Gasteiger partial charge in [0.05, 0.1) is 18.6 Å². The summed E-state index contributed by atoms with van der Waals surface area (Å²) in [5.74, 6) is -0.0342. The molecule has 1 heterocycles. The SMILES string of the molecule is CCOCCc1nnnn1CC1(C(=O)O)CCCCC1. The highest BCUT2D eigenvalue weighted by Gasteiger charge is 2.40. The first-order chi connectivity index (χ1) is 9.68. The molecule has 7 nitrogen and oxygen atoms in total. The third kappa shape index (κ3) is 3.33. The lowest BCUT2D eigenvalue weighted by Crippen LogP contribution is -2.38. The summed E-state index contributed by atoms with van der Waals surface area (Å²) in [6.07, 6.45) is 5.05. The second-order valence-corrected chi connectivity index (χ2v) is 5.35. The summed E-state index contributed by atoms with van der Waals surface area (Å²) >= 11 is 0. The molecule has 0 bridgehead atoms. The molecular weight excluding hydrogens is 260 g/mol. The van der Waals surface area contributed by atoms with Gasteiger partial charge in [0.1, 0.15) is 0 Å². The van der Waals surface area contributed by atoms with Crippen LogP contribution in [-0.2, 0) is 22.5 Å². The zero-order chi connectivity index (χ0) is 14.4. The number of carbonyl (C=O) groups is 1. The van der Waals surface area contributed by atoms with Gasteiger partial charge in [-0.2, -0.15) is 0 Å². The number of tetrazole rings is 1. The molecule has 20 heavy (non-hydrogen) atoms. The number of nitrogens with zero attached hydrogens (tertiary/aromatic N) is 4. The first-order valence-corrected chi connectivity index (χ1v) is 7.24. The zero-order valence-electron chi connectivity index (χ0n) is 11.9. The van der Waals surface area contributed by atoms with Crippen LogP contribution in [0.3, 0.4) is 0 Å². The van der Waals surface area contributed by atoms with Crippen molar-refractivity contribution in [3.8, 4) is 0 Å². The number of rotatable bonds is 7. The molecule has 0 atom stereocenters. The van der Waals surface area contributed by atoms with Gasteiger partial charge in [-0.15, -0.1) is 5.10 Å². The Balaban J connectivity index is 2.07. The van der Waals surface area contributed by atoms with Gasteiger partial charge in [0.15, 0.2) is 5.82 Å². The summed E-state index contributed by atoms with van der Waals surface area (Å²) < 4.78 is 6.94. The topological polar surface area (TPSA) is 90.1 Å². The number of aliphatic carboxylic acids is 1. The Morgan fingerprint density at radius 3 is 2.80 bits per heavy atom. The molecule has 7 heteroatoms. The Bertz CT molecular complexity index is 441.